The predicted molar refractivity (Wildman–Crippen MR) is 86.0 cm³/mol. The van der Waals surface area contributed by atoms with Gasteiger partial charge in [0.25, 0.3) is 5.56 Å². The number of benzene rings is 2. The van der Waals surface area contributed by atoms with E-state index in [-0.39, 0.29) is 17.1 Å². The van der Waals surface area contributed by atoms with Gasteiger partial charge in [-0.2, -0.15) is 0 Å². The Balaban J connectivity index is 2.01. The van der Waals surface area contributed by atoms with Crippen molar-refractivity contribution in [2.75, 3.05) is 0 Å². The van der Waals surface area contributed by atoms with Crippen LogP contribution in [-0.4, -0.2) is 15.9 Å². The maximum atomic E-state index is 12.8. The van der Waals surface area contributed by atoms with Gasteiger partial charge in [0, 0.05) is 5.39 Å². The van der Waals surface area contributed by atoms with Gasteiger partial charge in [0.05, 0.1) is 5.52 Å². The number of nitrogens with one attached hydrogen (secondary N) is 1. The average Bonchev–Trinajstić information content (AvgIpc) is 2.54. The summed E-state index contributed by atoms with van der Waals surface area (Å²) < 4.78 is 12.8. The lowest BCUT2D eigenvalue weighted by Gasteiger charge is -2.04. The van der Waals surface area contributed by atoms with E-state index in [1.807, 2.05) is 0 Å². The molecule has 23 heavy (non-hydrogen) atoms. The molecule has 2 N–H and O–H groups in total. The molecule has 0 aliphatic heterocycles. The molecule has 2 aromatic carbocycles. The van der Waals surface area contributed by atoms with Gasteiger partial charge in [0.15, 0.2) is 5.78 Å². The minimum Gasteiger partial charge on any atom is -0.506 e. The summed E-state index contributed by atoms with van der Waals surface area (Å²) in [7, 11) is 0. The van der Waals surface area contributed by atoms with Crippen LogP contribution >= 0.6 is 0 Å². The van der Waals surface area contributed by atoms with E-state index < -0.39 is 11.3 Å². The van der Waals surface area contributed by atoms with Crippen LogP contribution in [0, 0.1) is 5.82 Å². The van der Waals surface area contributed by atoms with Gasteiger partial charge >= 0.3 is 0 Å². The van der Waals surface area contributed by atoms with Gasteiger partial charge in [0.1, 0.15) is 17.1 Å². The van der Waals surface area contributed by atoms with Gasteiger partial charge in [-0.05, 0) is 35.9 Å². The number of allylic oxidation sites excluding steroid dienone is 1. The molecule has 0 aliphatic rings. The second-order valence-corrected chi connectivity index (χ2v) is 4.97. The van der Waals surface area contributed by atoms with Crippen molar-refractivity contribution >= 4 is 22.8 Å². The lowest BCUT2D eigenvalue weighted by Crippen LogP contribution is -2.16. The zero-order chi connectivity index (χ0) is 16.4. The van der Waals surface area contributed by atoms with E-state index >= 15 is 0 Å². The summed E-state index contributed by atoms with van der Waals surface area (Å²) in [6, 6.07) is 12.2. The Hall–Kier alpha value is -3.21. The summed E-state index contributed by atoms with van der Waals surface area (Å²) >= 11 is 0. The van der Waals surface area contributed by atoms with Gasteiger partial charge in [-0.15, -0.1) is 0 Å². The number of para-hydroxylation sites is 1. The molecular weight excluding hydrogens is 297 g/mol. The van der Waals surface area contributed by atoms with Gasteiger partial charge in [-0.1, -0.05) is 30.3 Å². The van der Waals surface area contributed by atoms with E-state index in [1.54, 1.807) is 24.3 Å². The van der Waals surface area contributed by atoms with Crippen LogP contribution in [0.2, 0.25) is 0 Å². The highest BCUT2D eigenvalue weighted by Gasteiger charge is 2.16. The van der Waals surface area contributed by atoms with Crippen LogP contribution in [-0.2, 0) is 0 Å². The Bertz CT molecular complexity index is 972. The first kappa shape index (κ1) is 14.7. The van der Waals surface area contributed by atoms with Crippen molar-refractivity contribution in [3.8, 4) is 5.75 Å². The summed E-state index contributed by atoms with van der Waals surface area (Å²) in [6.45, 7) is 0. The number of hydrogen-bond donors (Lipinski definition) is 2. The van der Waals surface area contributed by atoms with Crippen molar-refractivity contribution in [3.05, 3.63) is 81.9 Å². The highest BCUT2D eigenvalue weighted by molar-refractivity contribution is 6.10. The second kappa shape index (κ2) is 5.88. The molecule has 5 heteroatoms. The van der Waals surface area contributed by atoms with Gasteiger partial charge in [-0.25, -0.2) is 4.39 Å². The number of carbonyl (C=O) groups excluding carboxylic acids is 1. The molecule has 3 rings (SSSR count). The third-order valence-corrected chi connectivity index (χ3v) is 3.44. The van der Waals surface area contributed by atoms with Gasteiger partial charge in [-0.3, -0.25) is 9.59 Å². The van der Waals surface area contributed by atoms with Crippen LogP contribution in [0.25, 0.3) is 17.0 Å². The molecule has 0 aliphatic carbocycles. The molecule has 0 bridgehead atoms. The molecule has 1 heterocycles. The normalized spacial score (nSPS) is 11.2. The van der Waals surface area contributed by atoms with Crippen molar-refractivity contribution in [3.63, 3.8) is 0 Å². The Morgan fingerprint density at radius 3 is 2.52 bits per heavy atom. The summed E-state index contributed by atoms with van der Waals surface area (Å²) in [6.07, 6.45) is 2.63. The van der Waals surface area contributed by atoms with E-state index in [9.17, 15) is 19.1 Å². The van der Waals surface area contributed by atoms with Gasteiger partial charge in [0.2, 0.25) is 0 Å². The number of ketones is 1. The third-order valence-electron chi connectivity index (χ3n) is 3.44. The van der Waals surface area contributed by atoms with E-state index in [1.165, 1.54) is 36.4 Å². The van der Waals surface area contributed by atoms with Crippen LogP contribution in [0.3, 0.4) is 0 Å². The maximum Gasteiger partial charge on any atom is 0.263 e. The number of hydrogen-bond acceptors (Lipinski definition) is 3. The van der Waals surface area contributed by atoms with Crippen molar-refractivity contribution in [2.24, 2.45) is 0 Å². The van der Waals surface area contributed by atoms with E-state index in [4.69, 9.17) is 0 Å². The largest absolute Gasteiger partial charge is 0.506 e. The van der Waals surface area contributed by atoms with Crippen molar-refractivity contribution < 1.29 is 14.3 Å². The Morgan fingerprint density at radius 1 is 1.09 bits per heavy atom. The van der Waals surface area contributed by atoms with E-state index in [0.29, 0.717) is 16.5 Å². The summed E-state index contributed by atoms with van der Waals surface area (Å²) in [4.78, 5) is 26.8. The first-order chi connectivity index (χ1) is 11.1. The lowest BCUT2D eigenvalue weighted by atomic mass is 10.1. The zero-order valence-corrected chi connectivity index (χ0v) is 11.9. The molecule has 4 nitrogen and oxygen atoms in total. The van der Waals surface area contributed by atoms with Gasteiger partial charge < -0.3 is 10.1 Å². The fourth-order valence-electron chi connectivity index (χ4n) is 2.28. The summed E-state index contributed by atoms with van der Waals surface area (Å²) in [5.74, 6) is -1.35. The first-order valence-corrected chi connectivity index (χ1v) is 6.88. The minimum absolute atomic E-state index is 0.318. The van der Waals surface area contributed by atoms with Crippen molar-refractivity contribution in [1.82, 2.24) is 4.98 Å². The Labute approximate surface area is 130 Å². The monoisotopic (exact) mass is 309 g/mol. The number of aromatic amines is 1. The number of carbonyl (C=O) groups is 1. The summed E-state index contributed by atoms with van der Waals surface area (Å²) in [5.41, 5.74) is 0.0857. The zero-order valence-electron chi connectivity index (χ0n) is 11.9. The molecule has 0 saturated heterocycles. The SMILES string of the molecule is O=C(/C=C/c1ccc(F)cc1)c1c(O)c2ccccc2[nH]c1=O. The number of rotatable bonds is 3. The van der Waals surface area contributed by atoms with Crippen LogP contribution in [0.5, 0.6) is 5.75 Å². The average molecular weight is 309 g/mol. The molecule has 0 atom stereocenters. The number of pyridine rings is 1. The second-order valence-electron chi connectivity index (χ2n) is 4.97. The highest BCUT2D eigenvalue weighted by Crippen LogP contribution is 2.25. The van der Waals surface area contributed by atoms with Crippen molar-refractivity contribution in [2.45, 2.75) is 0 Å². The molecule has 0 saturated carbocycles. The number of H-pyrrole nitrogens is 1. The summed E-state index contributed by atoms with van der Waals surface area (Å²) in [5, 5.41) is 10.6. The third kappa shape index (κ3) is 2.89. The van der Waals surface area contributed by atoms with Crippen molar-refractivity contribution in [1.29, 1.82) is 0 Å². The minimum atomic E-state index is -0.657. The lowest BCUT2D eigenvalue weighted by molar-refractivity contribution is 0.104. The Morgan fingerprint density at radius 2 is 1.78 bits per heavy atom. The molecule has 1 aromatic heterocycles. The fourth-order valence-corrected chi connectivity index (χ4v) is 2.28. The smallest absolute Gasteiger partial charge is 0.263 e. The quantitative estimate of drug-likeness (QED) is 0.576. The highest BCUT2D eigenvalue weighted by atomic mass is 19.1. The molecule has 0 unspecified atom stereocenters. The molecule has 0 spiro atoms. The topological polar surface area (TPSA) is 70.2 Å². The fraction of sp³-hybridized carbons (Fsp3) is 0. The molecule has 0 amide bonds. The standard InChI is InChI=1S/C18H12FNO3/c19-12-8-5-11(6-9-12)7-10-15(21)16-17(22)13-3-1-2-4-14(13)20-18(16)23/h1-10H,(H2,20,22,23)/b10-7+. The molecular formula is C18H12FNO3. The van der Waals surface area contributed by atoms with E-state index in [2.05, 4.69) is 4.98 Å². The number of fused-ring (bicyclic) bond motifs is 1. The van der Waals surface area contributed by atoms with E-state index in [0.717, 1.165) is 0 Å². The number of halogens is 1. The maximum absolute atomic E-state index is 12.8. The number of aromatic nitrogens is 1. The molecule has 0 fully saturated rings. The first-order valence-electron chi connectivity index (χ1n) is 6.88. The Kier molecular flexibility index (Phi) is 3.76. The predicted octanol–water partition coefficient (Wildman–Crippen LogP) is 3.27. The van der Waals surface area contributed by atoms with Crippen LogP contribution in [0.4, 0.5) is 4.39 Å². The van der Waals surface area contributed by atoms with Crippen LogP contribution in [0.1, 0.15) is 15.9 Å². The van der Waals surface area contributed by atoms with Crippen LogP contribution in [0.15, 0.2) is 59.4 Å². The number of aromatic hydroxyl groups is 1. The molecule has 0 radical (unpaired) electrons. The molecule has 114 valence electrons. The molecule has 3 aromatic rings. The van der Waals surface area contributed by atoms with Crippen LogP contribution < -0.4 is 5.56 Å².